The summed E-state index contributed by atoms with van der Waals surface area (Å²) in [7, 11) is 1.75. The van der Waals surface area contributed by atoms with Crippen LogP contribution in [-0.2, 0) is 11.3 Å². The molecule has 2 rings (SSSR count). The van der Waals surface area contributed by atoms with Gasteiger partial charge in [-0.2, -0.15) is 8.78 Å². The number of rotatable bonds is 4. The fourth-order valence-corrected chi connectivity index (χ4v) is 2.07. The monoisotopic (exact) mass is 258 g/mol. The molecule has 1 aromatic rings. The fourth-order valence-electron chi connectivity index (χ4n) is 2.07. The molecule has 1 unspecified atom stereocenters. The number of amides is 1. The third-order valence-corrected chi connectivity index (χ3v) is 3.13. The van der Waals surface area contributed by atoms with Gasteiger partial charge in [-0.3, -0.25) is 9.36 Å². The Hall–Kier alpha value is -1.50. The molecule has 1 N–H and O–H groups in total. The minimum Gasteiger partial charge on any atom is -0.344 e. The molecule has 7 heteroatoms. The molecule has 0 saturated carbocycles. The molecular weight excluding hydrogens is 242 g/mol. The van der Waals surface area contributed by atoms with Crippen LogP contribution in [0.25, 0.3) is 0 Å². The van der Waals surface area contributed by atoms with E-state index in [1.165, 1.54) is 12.4 Å². The van der Waals surface area contributed by atoms with Crippen molar-refractivity contribution in [3.8, 4) is 0 Å². The van der Waals surface area contributed by atoms with E-state index in [9.17, 15) is 13.6 Å². The number of likely N-dealkylation sites (N-methyl/N-ethyl adjacent to an activating group) is 1. The standard InChI is InChI=1S/C11H16F2N4O/c1-16-7-8(2-3-10(16)18)15-6-9-14-4-5-17(9)11(12)13/h4-5,8,11,15H,2-3,6-7H2,1H3. The second-order valence-electron chi connectivity index (χ2n) is 4.42. The van der Waals surface area contributed by atoms with Gasteiger partial charge in [0.1, 0.15) is 5.82 Å². The Morgan fingerprint density at radius 2 is 2.39 bits per heavy atom. The van der Waals surface area contributed by atoms with Crippen LogP contribution >= 0.6 is 0 Å². The van der Waals surface area contributed by atoms with Crippen LogP contribution in [0.5, 0.6) is 0 Å². The zero-order valence-corrected chi connectivity index (χ0v) is 10.1. The average Bonchev–Trinajstić information content (AvgIpc) is 2.79. The Morgan fingerprint density at radius 1 is 1.61 bits per heavy atom. The summed E-state index contributed by atoms with van der Waals surface area (Å²) >= 11 is 0. The van der Waals surface area contributed by atoms with Gasteiger partial charge in [-0.15, -0.1) is 0 Å². The van der Waals surface area contributed by atoms with Crippen molar-refractivity contribution < 1.29 is 13.6 Å². The number of aromatic nitrogens is 2. The molecule has 1 fully saturated rings. The lowest BCUT2D eigenvalue weighted by Crippen LogP contribution is -2.46. The first-order chi connectivity index (χ1) is 8.58. The fraction of sp³-hybridized carbons (Fsp3) is 0.636. The van der Waals surface area contributed by atoms with Gasteiger partial charge in [0.15, 0.2) is 0 Å². The lowest BCUT2D eigenvalue weighted by Gasteiger charge is -2.30. The largest absolute Gasteiger partial charge is 0.344 e. The van der Waals surface area contributed by atoms with Crippen molar-refractivity contribution in [3.63, 3.8) is 0 Å². The summed E-state index contributed by atoms with van der Waals surface area (Å²) in [6.07, 6.45) is 3.86. The van der Waals surface area contributed by atoms with Crippen LogP contribution in [0.2, 0.25) is 0 Å². The Bertz CT molecular complexity index is 421. The first-order valence-electron chi connectivity index (χ1n) is 5.85. The number of imidazole rings is 1. The van der Waals surface area contributed by atoms with E-state index in [0.717, 1.165) is 11.0 Å². The highest BCUT2D eigenvalue weighted by Crippen LogP contribution is 2.14. The van der Waals surface area contributed by atoms with Crippen molar-refractivity contribution >= 4 is 5.91 Å². The third kappa shape index (κ3) is 2.84. The number of carbonyl (C=O) groups is 1. The van der Waals surface area contributed by atoms with Gasteiger partial charge in [0, 0.05) is 38.4 Å². The van der Waals surface area contributed by atoms with Crippen LogP contribution in [0, 0.1) is 0 Å². The van der Waals surface area contributed by atoms with Gasteiger partial charge in [-0.05, 0) is 6.42 Å². The van der Waals surface area contributed by atoms with E-state index in [4.69, 9.17) is 0 Å². The Kier molecular flexibility index (Phi) is 3.90. The van der Waals surface area contributed by atoms with E-state index in [1.807, 2.05) is 0 Å². The quantitative estimate of drug-likeness (QED) is 0.876. The number of likely N-dealkylation sites (tertiary alicyclic amines) is 1. The van der Waals surface area contributed by atoms with Crippen LogP contribution in [-0.4, -0.2) is 40.0 Å². The van der Waals surface area contributed by atoms with E-state index in [2.05, 4.69) is 10.3 Å². The number of carbonyl (C=O) groups excluding carboxylic acids is 1. The minimum atomic E-state index is -2.57. The van der Waals surface area contributed by atoms with Crippen molar-refractivity contribution in [3.05, 3.63) is 18.2 Å². The minimum absolute atomic E-state index is 0.127. The van der Waals surface area contributed by atoms with Crippen molar-refractivity contribution in [1.29, 1.82) is 0 Å². The molecule has 2 heterocycles. The normalized spacial score (nSPS) is 20.8. The molecule has 100 valence electrons. The number of hydrogen-bond acceptors (Lipinski definition) is 3. The highest BCUT2D eigenvalue weighted by Gasteiger charge is 2.22. The van der Waals surface area contributed by atoms with Crippen molar-refractivity contribution in [2.24, 2.45) is 0 Å². The summed E-state index contributed by atoms with van der Waals surface area (Å²) < 4.78 is 26.0. The van der Waals surface area contributed by atoms with E-state index < -0.39 is 6.55 Å². The van der Waals surface area contributed by atoms with Gasteiger partial charge in [0.05, 0.1) is 6.54 Å². The maximum atomic E-state index is 12.6. The van der Waals surface area contributed by atoms with E-state index in [1.54, 1.807) is 11.9 Å². The van der Waals surface area contributed by atoms with Crippen LogP contribution in [0.4, 0.5) is 8.78 Å². The summed E-state index contributed by atoms with van der Waals surface area (Å²) in [5.41, 5.74) is 0. The lowest BCUT2D eigenvalue weighted by molar-refractivity contribution is -0.132. The number of alkyl halides is 2. The van der Waals surface area contributed by atoms with Crippen LogP contribution < -0.4 is 5.32 Å². The molecule has 1 aromatic heterocycles. The first kappa shape index (κ1) is 12.9. The molecule has 0 aliphatic carbocycles. The summed E-state index contributed by atoms with van der Waals surface area (Å²) in [6, 6.07) is 0.135. The highest BCUT2D eigenvalue weighted by atomic mass is 19.3. The van der Waals surface area contributed by atoms with Gasteiger partial charge in [0.25, 0.3) is 0 Å². The molecule has 0 radical (unpaired) electrons. The number of halogens is 2. The molecule has 1 atom stereocenters. The molecule has 0 bridgehead atoms. The Morgan fingerprint density at radius 3 is 3.06 bits per heavy atom. The summed E-state index contributed by atoms with van der Waals surface area (Å²) in [5.74, 6) is 0.437. The molecule has 1 amide bonds. The summed E-state index contributed by atoms with van der Waals surface area (Å²) in [6.45, 7) is -1.68. The van der Waals surface area contributed by atoms with Gasteiger partial charge >= 0.3 is 6.55 Å². The smallest absolute Gasteiger partial charge is 0.319 e. The summed E-state index contributed by atoms with van der Waals surface area (Å²) in [4.78, 5) is 16.8. The maximum Gasteiger partial charge on any atom is 0.319 e. The molecule has 0 spiro atoms. The second kappa shape index (κ2) is 5.43. The van der Waals surface area contributed by atoms with Gasteiger partial charge < -0.3 is 10.2 Å². The average molecular weight is 258 g/mol. The van der Waals surface area contributed by atoms with E-state index in [-0.39, 0.29) is 18.5 Å². The van der Waals surface area contributed by atoms with Gasteiger partial charge in [-0.1, -0.05) is 0 Å². The molecule has 0 aromatic carbocycles. The van der Waals surface area contributed by atoms with Gasteiger partial charge in [-0.25, -0.2) is 4.98 Å². The number of nitrogens with zero attached hydrogens (tertiary/aromatic N) is 3. The second-order valence-corrected chi connectivity index (χ2v) is 4.42. The number of hydrogen-bond donors (Lipinski definition) is 1. The number of nitrogens with one attached hydrogen (secondary N) is 1. The molecular formula is C11H16F2N4O. The van der Waals surface area contributed by atoms with Crippen LogP contribution in [0.15, 0.2) is 12.4 Å². The first-order valence-corrected chi connectivity index (χ1v) is 5.85. The van der Waals surface area contributed by atoms with Crippen LogP contribution in [0.1, 0.15) is 25.2 Å². The van der Waals surface area contributed by atoms with E-state index >= 15 is 0 Å². The van der Waals surface area contributed by atoms with E-state index in [0.29, 0.717) is 18.8 Å². The van der Waals surface area contributed by atoms with Crippen molar-refractivity contribution in [2.45, 2.75) is 32.0 Å². The Balaban J connectivity index is 1.88. The number of piperidine rings is 1. The zero-order valence-electron chi connectivity index (χ0n) is 10.1. The predicted octanol–water partition coefficient (Wildman–Crippen LogP) is 0.989. The molecule has 1 saturated heterocycles. The maximum absolute atomic E-state index is 12.6. The molecule has 1 aliphatic rings. The van der Waals surface area contributed by atoms with Gasteiger partial charge in [0.2, 0.25) is 5.91 Å². The third-order valence-electron chi connectivity index (χ3n) is 3.13. The molecule has 18 heavy (non-hydrogen) atoms. The topological polar surface area (TPSA) is 50.2 Å². The molecule has 1 aliphatic heterocycles. The lowest BCUT2D eigenvalue weighted by atomic mass is 10.1. The SMILES string of the molecule is CN1CC(NCc2nccn2C(F)F)CCC1=O. The Labute approximate surface area is 104 Å². The molecule has 5 nitrogen and oxygen atoms in total. The van der Waals surface area contributed by atoms with Crippen molar-refractivity contribution in [2.75, 3.05) is 13.6 Å². The van der Waals surface area contributed by atoms with Crippen molar-refractivity contribution in [1.82, 2.24) is 19.8 Å². The highest BCUT2D eigenvalue weighted by molar-refractivity contribution is 5.76. The zero-order chi connectivity index (χ0) is 13.1. The predicted molar refractivity (Wildman–Crippen MR) is 61.0 cm³/mol. The van der Waals surface area contributed by atoms with Crippen LogP contribution in [0.3, 0.4) is 0 Å². The summed E-state index contributed by atoms with van der Waals surface area (Å²) in [5, 5.41) is 3.16.